The summed E-state index contributed by atoms with van der Waals surface area (Å²) in [4.78, 5) is 0. The number of thiophene rings is 1. The molecular formula is C10H14BrNOS. The lowest BCUT2D eigenvalue weighted by Gasteiger charge is -2.26. The second-order valence-corrected chi connectivity index (χ2v) is 5.97. The van der Waals surface area contributed by atoms with Crippen molar-refractivity contribution in [1.29, 1.82) is 0 Å². The zero-order chi connectivity index (χ0) is 10.0. The fourth-order valence-electron chi connectivity index (χ4n) is 1.92. The Morgan fingerprint density at radius 3 is 3.00 bits per heavy atom. The van der Waals surface area contributed by atoms with E-state index >= 15 is 0 Å². The van der Waals surface area contributed by atoms with Crippen LogP contribution in [-0.4, -0.2) is 18.8 Å². The van der Waals surface area contributed by atoms with Crippen molar-refractivity contribution in [3.05, 3.63) is 20.8 Å². The average molecular weight is 276 g/mol. The zero-order valence-corrected chi connectivity index (χ0v) is 10.4. The minimum absolute atomic E-state index is 0.0937. The summed E-state index contributed by atoms with van der Waals surface area (Å²) in [5, 5.41) is 2.10. The lowest BCUT2D eigenvalue weighted by Crippen LogP contribution is -2.39. The Kier molecular flexibility index (Phi) is 3.27. The van der Waals surface area contributed by atoms with E-state index < -0.39 is 0 Å². The maximum absolute atomic E-state index is 5.80. The van der Waals surface area contributed by atoms with Crippen molar-refractivity contribution in [2.24, 2.45) is 5.73 Å². The molecule has 2 rings (SSSR count). The van der Waals surface area contributed by atoms with Gasteiger partial charge in [-0.25, -0.2) is 0 Å². The van der Waals surface area contributed by atoms with E-state index in [1.807, 2.05) is 0 Å². The second kappa shape index (κ2) is 4.31. The molecule has 1 aromatic heterocycles. The van der Waals surface area contributed by atoms with Crippen LogP contribution in [0.3, 0.4) is 0 Å². The summed E-state index contributed by atoms with van der Waals surface area (Å²) in [5.41, 5.74) is 7.03. The van der Waals surface area contributed by atoms with E-state index in [1.54, 1.807) is 11.3 Å². The van der Waals surface area contributed by atoms with Gasteiger partial charge in [0.2, 0.25) is 0 Å². The van der Waals surface area contributed by atoms with Crippen molar-refractivity contribution in [2.45, 2.75) is 24.9 Å². The molecule has 1 fully saturated rings. The Bertz CT molecular complexity index is 307. The number of halogens is 1. The summed E-state index contributed by atoms with van der Waals surface area (Å²) in [6.07, 6.45) is 3.17. The van der Waals surface area contributed by atoms with E-state index in [0.29, 0.717) is 6.54 Å². The van der Waals surface area contributed by atoms with Crippen LogP contribution in [0.15, 0.2) is 15.2 Å². The SMILES string of the molecule is NCC1(Cc2ccsc2Br)CCCO1. The Hall–Kier alpha value is 0.1000. The van der Waals surface area contributed by atoms with E-state index in [-0.39, 0.29) is 5.60 Å². The number of hydrogen-bond donors (Lipinski definition) is 1. The summed E-state index contributed by atoms with van der Waals surface area (Å²) in [6.45, 7) is 1.48. The number of hydrogen-bond acceptors (Lipinski definition) is 3. The first kappa shape index (κ1) is 10.6. The van der Waals surface area contributed by atoms with Crippen LogP contribution in [0.25, 0.3) is 0 Å². The van der Waals surface area contributed by atoms with E-state index in [2.05, 4.69) is 27.4 Å². The maximum atomic E-state index is 5.80. The first-order chi connectivity index (χ1) is 6.76. The number of rotatable bonds is 3. The fourth-order valence-corrected chi connectivity index (χ4v) is 3.16. The molecule has 0 saturated carbocycles. The Labute approximate surface area is 96.6 Å². The Balaban J connectivity index is 2.12. The third-order valence-electron chi connectivity index (χ3n) is 2.76. The molecular weight excluding hydrogens is 262 g/mol. The van der Waals surface area contributed by atoms with Crippen molar-refractivity contribution in [3.63, 3.8) is 0 Å². The lowest BCUT2D eigenvalue weighted by atomic mass is 9.93. The first-order valence-electron chi connectivity index (χ1n) is 4.82. The summed E-state index contributed by atoms with van der Waals surface area (Å²) in [7, 11) is 0. The van der Waals surface area contributed by atoms with Gasteiger partial charge in [0, 0.05) is 19.6 Å². The molecule has 0 amide bonds. The van der Waals surface area contributed by atoms with Crippen molar-refractivity contribution in [1.82, 2.24) is 0 Å². The molecule has 2 N–H and O–H groups in total. The Morgan fingerprint density at radius 1 is 1.64 bits per heavy atom. The van der Waals surface area contributed by atoms with Crippen molar-refractivity contribution < 1.29 is 4.74 Å². The standard InChI is InChI=1S/C10H14BrNOS/c11-9-8(2-5-14-9)6-10(7-12)3-1-4-13-10/h2,5H,1,3-4,6-7,12H2. The third kappa shape index (κ3) is 2.03. The van der Waals surface area contributed by atoms with Crippen LogP contribution in [0.1, 0.15) is 18.4 Å². The fraction of sp³-hybridized carbons (Fsp3) is 0.600. The quantitative estimate of drug-likeness (QED) is 0.920. The Morgan fingerprint density at radius 2 is 2.50 bits per heavy atom. The maximum Gasteiger partial charge on any atom is 0.0845 e. The molecule has 0 aromatic carbocycles. The normalized spacial score (nSPS) is 27.0. The van der Waals surface area contributed by atoms with Gasteiger partial charge in [0.15, 0.2) is 0 Å². The first-order valence-corrected chi connectivity index (χ1v) is 6.49. The van der Waals surface area contributed by atoms with Gasteiger partial charge in [-0.3, -0.25) is 0 Å². The monoisotopic (exact) mass is 275 g/mol. The van der Waals surface area contributed by atoms with E-state index in [1.165, 1.54) is 9.35 Å². The summed E-state index contributed by atoms with van der Waals surface area (Å²) in [6, 6.07) is 2.15. The molecule has 0 aliphatic carbocycles. The van der Waals surface area contributed by atoms with Gasteiger partial charge in [0.25, 0.3) is 0 Å². The van der Waals surface area contributed by atoms with Crippen molar-refractivity contribution >= 4 is 27.3 Å². The van der Waals surface area contributed by atoms with Gasteiger partial charge in [-0.15, -0.1) is 11.3 Å². The molecule has 78 valence electrons. The molecule has 14 heavy (non-hydrogen) atoms. The molecule has 1 unspecified atom stereocenters. The van der Waals surface area contributed by atoms with Gasteiger partial charge >= 0.3 is 0 Å². The molecule has 0 bridgehead atoms. The molecule has 0 radical (unpaired) electrons. The largest absolute Gasteiger partial charge is 0.373 e. The minimum atomic E-state index is -0.0937. The third-order valence-corrected chi connectivity index (χ3v) is 4.57. The van der Waals surface area contributed by atoms with Crippen LogP contribution in [0.5, 0.6) is 0 Å². The highest BCUT2D eigenvalue weighted by Crippen LogP contribution is 2.33. The lowest BCUT2D eigenvalue weighted by molar-refractivity contribution is 0.0122. The smallest absolute Gasteiger partial charge is 0.0845 e. The summed E-state index contributed by atoms with van der Waals surface area (Å²) < 4.78 is 6.99. The molecule has 1 aromatic rings. The molecule has 0 spiro atoms. The van der Waals surface area contributed by atoms with Crippen molar-refractivity contribution in [3.8, 4) is 0 Å². The van der Waals surface area contributed by atoms with Crippen LogP contribution in [-0.2, 0) is 11.2 Å². The van der Waals surface area contributed by atoms with Gasteiger partial charge in [-0.1, -0.05) is 0 Å². The zero-order valence-electron chi connectivity index (χ0n) is 7.96. The average Bonchev–Trinajstić information content (AvgIpc) is 2.79. The van der Waals surface area contributed by atoms with E-state index in [0.717, 1.165) is 25.9 Å². The van der Waals surface area contributed by atoms with Crippen LogP contribution in [0.4, 0.5) is 0 Å². The highest BCUT2D eigenvalue weighted by Gasteiger charge is 2.34. The van der Waals surface area contributed by atoms with Crippen molar-refractivity contribution in [2.75, 3.05) is 13.2 Å². The summed E-state index contributed by atoms with van der Waals surface area (Å²) in [5.74, 6) is 0. The van der Waals surface area contributed by atoms with Crippen LogP contribution in [0.2, 0.25) is 0 Å². The van der Waals surface area contributed by atoms with Gasteiger partial charge in [0.1, 0.15) is 0 Å². The van der Waals surface area contributed by atoms with Gasteiger partial charge in [-0.2, -0.15) is 0 Å². The van der Waals surface area contributed by atoms with E-state index in [9.17, 15) is 0 Å². The predicted molar refractivity (Wildman–Crippen MR) is 62.7 cm³/mol. The van der Waals surface area contributed by atoms with Gasteiger partial charge in [-0.05, 0) is 45.8 Å². The number of ether oxygens (including phenoxy) is 1. The highest BCUT2D eigenvalue weighted by atomic mass is 79.9. The number of nitrogens with two attached hydrogens (primary N) is 1. The molecule has 2 heterocycles. The van der Waals surface area contributed by atoms with Crippen LogP contribution >= 0.6 is 27.3 Å². The topological polar surface area (TPSA) is 35.2 Å². The molecule has 1 aliphatic heterocycles. The van der Waals surface area contributed by atoms with Crippen LogP contribution in [0, 0.1) is 0 Å². The summed E-state index contributed by atoms with van der Waals surface area (Å²) >= 11 is 5.27. The van der Waals surface area contributed by atoms with Gasteiger partial charge in [0.05, 0.1) is 9.39 Å². The minimum Gasteiger partial charge on any atom is -0.373 e. The molecule has 2 nitrogen and oxygen atoms in total. The molecule has 1 aliphatic rings. The second-order valence-electron chi connectivity index (χ2n) is 3.74. The molecule has 1 atom stereocenters. The molecule has 1 saturated heterocycles. The molecule has 4 heteroatoms. The predicted octanol–water partition coefficient (Wildman–Crippen LogP) is 2.56. The van der Waals surface area contributed by atoms with Gasteiger partial charge < -0.3 is 10.5 Å². The highest BCUT2D eigenvalue weighted by molar-refractivity contribution is 9.11. The van der Waals surface area contributed by atoms with E-state index in [4.69, 9.17) is 10.5 Å². The van der Waals surface area contributed by atoms with Crippen LogP contribution < -0.4 is 5.73 Å².